The number of carbonyl (C=O) groups excluding carboxylic acids is 2. The van der Waals surface area contributed by atoms with E-state index in [0.717, 1.165) is 22.4 Å². The third-order valence-corrected chi connectivity index (χ3v) is 5.91. The molecule has 0 radical (unpaired) electrons. The van der Waals surface area contributed by atoms with Gasteiger partial charge in [-0.3, -0.25) is 9.59 Å². The van der Waals surface area contributed by atoms with E-state index in [1.54, 1.807) is 18.5 Å². The molecule has 1 aromatic heterocycles. The summed E-state index contributed by atoms with van der Waals surface area (Å²) in [6.07, 6.45) is 4.67. The summed E-state index contributed by atoms with van der Waals surface area (Å²) in [5.41, 5.74) is 3.13. The molecule has 7 heteroatoms. The Labute approximate surface area is 171 Å². The van der Waals surface area contributed by atoms with Gasteiger partial charge in [0.15, 0.2) is 0 Å². The van der Waals surface area contributed by atoms with E-state index in [1.165, 1.54) is 0 Å². The van der Waals surface area contributed by atoms with Crippen LogP contribution in [0.1, 0.15) is 29.5 Å². The maximum Gasteiger partial charge on any atom is 0.240 e. The molecular weight excluding hydrogens is 366 g/mol. The SMILES string of the molecule is Cc1cc(C)c(NC(=O)C2(C(=O)N3CCN(c4ncccn4)CC3)CC2)c(C)c1. The van der Waals surface area contributed by atoms with Crippen LogP contribution in [0.25, 0.3) is 0 Å². The van der Waals surface area contributed by atoms with Gasteiger partial charge in [0.05, 0.1) is 0 Å². The summed E-state index contributed by atoms with van der Waals surface area (Å²) >= 11 is 0. The molecule has 1 aromatic carbocycles. The minimum absolute atomic E-state index is 0.0500. The van der Waals surface area contributed by atoms with E-state index in [-0.39, 0.29) is 11.8 Å². The number of nitrogens with one attached hydrogen (secondary N) is 1. The van der Waals surface area contributed by atoms with Gasteiger partial charge >= 0.3 is 0 Å². The van der Waals surface area contributed by atoms with E-state index in [1.807, 2.05) is 25.7 Å². The fourth-order valence-electron chi connectivity index (χ4n) is 4.14. The molecule has 0 unspecified atom stereocenters. The second-order valence-electron chi connectivity index (χ2n) is 8.14. The smallest absolute Gasteiger partial charge is 0.240 e. The summed E-state index contributed by atoms with van der Waals surface area (Å²) < 4.78 is 0. The number of aryl methyl sites for hydroxylation is 3. The van der Waals surface area contributed by atoms with Crippen LogP contribution in [0.15, 0.2) is 30.6 Å². The number of hydrogen-bond donors (Lipinski definition) is 1. The largest absolute Gasteiger partial charge is 0.338 e. The molecule has 1 saturated heterocycles. The van der Waals surface area contributed by atoms with E-state index >= 15 is 0 Å². The molecule has 7 nitrogen and oxygen atoms in total. The van der Waals surface area contributed by atoms with Gasteiger partial charge in [0.1, 0.15) is 5.41 Å². The van der Waals surface area contributed by atoms with Crippen molar-refractivity contribution in [3.05, 3.63) is 47.3 Å². The molecule has 29 heavy (non-hydrogen) atoms. The average molecular weight is 393 g/mol. The van der Waals surface area contributed by atoms with Crippen LogP contribution in [-0.4, -0.2) is 52.9 Å². The number of benzene rings is 1. The first-order valence-electron chi connectivity index (χ1n) is 10.1. The summed E-state index contributed by atoms with van der Waals surface area (Å²) in [7, 11) is 0. The lowest BCUT2D eigenvalue weighted by molar-refractivity contribution is -0.142. The highest BCUT2D eigenvalue weighted by Gasteiger charge is 2.58. The van der Waals surface area contributed by atoms with Gasteiger partial charge in [-0.05, 0) is 50.8 Å². The van der Waals surface area contributed by atoms with Crippen LogP contribution in [0.5, 0.6) is 0 Å². The summed E-state index contributed by atoms with van der Waals surface area (Å²) in [5.74, 6) is 0.459. The molecule has 2 aromatic rings. The van der Waals surface area contributed by atoms with Gasteiger partial charge in [0.2, 0.25) is 17.8 Å². The first kappa shape index (κ1) is 19.4. The molecule has 4 rings (SSSR count). The van der Waals surface area contributed by atoms with Gasteiger partial charge in [-0.25, -0.2) is 9.97 Å². The molecule has 0 atom stereocenters. The van der Waals surface area contributed by atoms with Crippen molar-refractivity contribution in [1.29, 1.82) is 0 Å². The minimum Gasteiger partial charge on any atom is -0.338 e. The number of piperazine rings is 1. The van der Waals surface area contributed by atoms with E-state index in [2.05, 4.69) is 32.3 Å². The number of nitrogens with zero attached hydrogens (tertiary/aromatic N) is 4. The number of aromatic nitrogens is 2. The summed E-state index contributed by atoms with van der Waals surface area (Å²) in [5, 5.41) is 3.05. The summed E-state index contributed by atoms with van der Waals surface area (Å²) in [6, 6.07) is 5.89. The monoisotopic (exact) mass is 393 g/mol. The summed E-state index contributed by atoms with van der Waals surface area (Å²) in [6.45, 7) is 8.51. The Kier molecular flexibility index (Phi) is 4.98. The van der Waals surface area contributed by atoms with Gasteiger partial charge in [-0.2, -0.15) is 0 Å². The Morgan fingerprint density at radius 2 is 1.55 bits per heavy atom. The highest BCUT2D eigenvalue weighted by molar-refractivity contribution is 6.13. The maximum atomic E-state index is 13.2. The van der Waals surface area contributed by atoms with Crippen molar-refractivity contribution in [2.75, 3.05) is 36.4 Å². The number of rotatable bonds is 4. The highest BCUT2D eigenvalue weighted by atomic mass is 16.2. The predicted molar refractivity (Wildman–Crippen MR) is 112 cm³/mol. The maximum absolute atomic E-state index is 13.2. The number of hydrogen-bond acceptors (Lipinski definition) is 5. The number of anilines is 2. The van der Waals surface area contributed by atoms with Crippen LogP contribution in [0.2, 0.25) is 0 Å². The van der Waals surface area contributed by atoms with Crippen LogP contribution in [0.4, 0.5) is 11.6 Å². The van der Waals surface area contributed by atoms with Crippen LogP contribution in [-0.2, 0) is 9.59 Å². The molecule has 0 bridgehead atoms. The van der Waals surface area contributed by atoms with Gasteiger partial charge in [0.25, 0.3) is 0 Å². The number of amides is 2. The predicted octanol–water partition coefficient (Wildman–Crippen LogP) is 2.47. The normalized spacial score (nSPS) is 17.8. The lowest BCUT2D eigenvalue weighted by atomic mass is 10.0. The topological polar surface area (TPSA) is 78.4 Å². The molecule has 1 N–H and O–H groups in total. The second-order valence-corrected chi connectivity index (χ2v) is 8.14. The van der Waals surface area contributed by atoms with Crippen molar-refractivity contribution in [3.63, 3.8) is 0 Å². The molecule has 1 aliphatic carbocycles. The molecule has 1 aliphatic heterocycles. The zero-order valence-electron chi connectivity index (χ0n) is 17.2. The van der Waals surface area contributed by atoms with Gasteiger partial charge in [-0.15, -0.1) is 0 Å². The highest BCUT2D eigenvalue weighted by Crippen LogP contribution is 2.48. The standard InChI is InChI=1S/C22H27N5O2/c1-15-13-16(2)18(17(3)14-15)25-19(28)22(5-6-22)20(29)26-9-11-27(12-10-26)21-23-7-4-8-24-21/h4,7-8,13-14H,5-6,9-12H2,1-3H3,(H,25,28). The fourth-order valence-corrected chi connectivity index (χ4v) is 4.14. The van der Waals surface area contributed by atoms with Crippen molar-refractivity contribution in [2.24, 2.45) is 5.41 Å². The zero-order valence-corrected chi connectivity index (χ0v) is 17.2. The van der Waals surface area contributed by atoms with E-state index in [0.29, 0.717) is 45.0 Å². The Hall–Kier alpha value is -2.96. The van der Waals surface area contributed by atoms with E-state index in [9.17, 15) is 9.59 Å². The van der Waals surface area contributed by atoms with Gasteiger partial charge < -0.3 is 15.1 Å². The van der Waals surface area contributed by atoms with E-state index in [4.69, 9.17) is 0 Å². The lowest BCUT2D eigenvalue weighted by Crippen LogP contribution is -2.53. The Bertz CT molecular complexity index is 908. The average Bonchev–Trinajstić information content (AvgIpc) is 3.53. The van der Waals surface area contributed by atoms with Crippen LogP contribution in [0, 0.1) is 26.2 Å². The van der Waals surface area contributed by atoms with Crippen molar-refractivity contribution in [2.45, 2.75) is 33.6 Å². The van der Waals surface area contributed by atoms with Crippen LogP contribution in [0.3, 0.4) is 0 Å². The third-order valence-electron chi connectivity index (χ3n) is 5.91. The van der Waals surface area contributed by atoms with Crippen molar-refractivity contribution >= 4 is 23.5 Å². The Morgan fingerprint density at radius 1 is 0.966 bits per heavy atom. The second kappa shape index (κ2) is 7.46. The molecule has 2 amide bonds. The zero-order chi connectivity index (χ0) is 20.6. The molecule has 1 saturated carbocycles. The van der Waals surface area contributed by atoms with Gasteiger partial charge in [-0.1, -0.05) is 17.7 Å². The number of carbonyl (C=O) groups is 2. The molecule has 2 fully saturated rings. The third kappa shape index (κ3) is 3.69. The molecular formula is C22H27N5O2. The van der Waals surface area contributed by atoms with Crippen LogP contribution < -0.4 is 10.2 Å². The van der Waals surface area contributed by atoms with Crippen molar-refractivity contribution in [3.8, 4) is 0 Å². The molecule has 2 aliphatic rings. The van der Waals surface area contributed by atoms with Crippen molar-refractivity contribution < 1.29 is 9.59 Å². The van der Waals surface area contributed by atoms with E-state index < -0.39 is 5.41 Å². The summed E-state index contributed by atoms with van der Waals surface area (Å²) in [4.78, 5) is 38.7. The fraction of sp³-hybridized carbons (Fsp3) is 0.455. The molecule has 2 heterocycles. The quantitative estimate of drug-likeness (QED) is 0.808. The van der Waals surface area contributed by atoms with Gasteiger partial charge in [0, 0.05) is 44.3 Å². The lowest BCUT2D eigenvalue weighted by Gasteiger charge is -2.36. The Balaban J connectivity index is 1.42. The molecule has 0 spiro atoms. The Morgan fingerprint density at radius 3 is 2.10 bits per heavy atom. The first-order valence-corrected chi connectivity index (χ1v) is 10.1. The van der Waals surface area contributed by atoms with Crippen LogP contribution >= 0.6 is 0 Å². The van der Waals surface area contributed by atoms with Crippen molar-refractivity contribution in [1.82, 2.24) is 14.9 Å². The first-order chi connectivity index (χ1) is 13.9. The minimum atomic E-state index is -0.908. The molecule has 152 valence electrons.